The minimum Gasteiger partial charge on any atom is -0.444 e. The number of nitrogens with zero attached hydrogens (tertiary/aromatic N) is 3. The van der Waals surface area contributed by atoms with Crippen LogP contribution in [0, 0.1) is 17.8 Å². The fraction of sp³-hybridized carbons (Fsp3) is 0.815. The molecule has 36 heavy (non-hydrogen) atoms. The first-order chi connectivity index (χ1) is 17.2. The van der Waals surface area contributed by atoms with Gasteiger partial charge < -0.3 is 26.0 Å². The SMILES string of the molecule is CC(C)(C)OC(=O)N(CCCNC[C@H]1CC[C@H](CNc2nc(N)cc(Cl)n2)CC1)CC1CCCCC1. The average Bonchev–Trinajstić information content (AvgIpc) is 2.81. The van der Waals surface area contributed by atoms with Crippen LogP contribution in [0.2, 0.25) is 5.15 Å². The number of nitrogen functional groups attached to an aromatic ring is 1. The molecule has 4 N–H and O–H groups in total. The molecule has 0 aliphatic heterocycles. The van der Waals surface area contributed by atoms with Crippen molar-refractivity contribution in [2.45, 2.75) is 90.6 Å². The number of nitrogens with one attached hydrogen (secondary N) is 2. The Labute approximate surface area is 222 Å². The van der Waals surface area contributed by atoms with Crippen LogP contribution in [0.25, 0.3) is 0 Å². The molecule has 2 saturated carbocycles. The maximum atomic E-state index is 12.8. The van der Waals surface area contributed by atoms with Gasteiger partial charge >= 0.3 is 6.09 Å². The Morgan fingerprint density at radius 1 is 1.06 bits per heavy atom. The number of halogens is 1. The second kappa shape index (κ2) is 14.2. The number of hydrogen-bond acceptors (Lipinski definition) is 7. The number of carbonyl (C=O) groups excluding carboxylic acids is 1. The van der Waals surface area contributed by atoms with Gasteiger partial charge in [0.1, 0.15) is 16.6 Å². The topological polar surface area (TPSA) is 105 Å². The molecule has 1 aromatic rings. The van der Waals surface area contributed by atoms with Crippen molar-refractivity contribution in [3.8, 4) is 0 Å². The second-order valence-corrected chi connectivity index (χ2v) is 12.1. The molecule has 0 spiro atoms. The fourth-order valence-corrected chi connectivity index (χ4v) is 5.55. The van der Waals surface area contributed by atoms with Crippen LogP contribution in [0.15, 0.2) is 6.07 Å². The highest BCUT2D eigenvalue weighted by atomic mass is 35.5. The lowest BCUT2D eigenvalue weighted by molar-refractivity contribution is 0.0206. The highest BCUT2D eigenvalue weighted by Crippen LogP contribution is 2.29. The van der Waals surface area contributed by atoms with Crippen LogP contribution in [0.5, 0.6) is 0 Å². The third-order valence-electron chi connectivity index (χ3n) is 7.30. The fourth-order valence-electron chi connectivity index (χ4n) is 5.36. The van der Waals surface area contributed by atoms with Crippen molar-refractivity contribution in [1.82, 2.24) is 20.2 Å². The smallest absolute Gasteiger partial charge is 0.410 e. The summed E-state index contributed by atoms with van der Waals surface area (Å²) in [7, 11) is 0. The Morgan fingerprint density at radius 3 is 2.36 bits per heavy atom. The quantitative estimate of drug-likeness (QED) is 0.252. The molecule has 204 valence electrons. The number of amides is 1. The number of anilines is 2. The van der Waals surface area contributed by atoms with E-state index in [9.17, 15) is 4.79 Å². The van der Waals surface area contributed by atoms with E-state index in [0.29, 0.717) is 34.7 Å². The average molecular weight is 523 g/mol. The standard InChI is InChI=1S/C27H47ClN6O2/c1-27(2,3)36-26(35)34(19-22-8-5-4-6-9-22)15-7-14-30-17-20-10-12-21(13-11-20)18-31-25-32-23(28)16-24(29)33-25/h16,20-22,30H,4-15,17-19H2,1-3H3,(H3,29,31,32,33)/t20-,21-. The number of ether oxygens (including phenoxy) is 1. The van der Waals surface area contributed by atoms with Crippen LogP contribution < -0.4 is 16.4 Å². The van der Waals surface area contributed by atoms with Crippen molar-refractivity contribution in [3.63, 3.8) is 0 Å². The third-order valence-corrected chi connectivity index (χ3v) is 7.49. The van der Waals surface area contributed by atoms with Crippen LogP contribution in [0.1, 0.15) is 85.0 Å². The van der Waals surface area contributed by atoms with Crippen molar-refractivity contribution in [2.75, 3.05) is 43.8 Å². The van der Waals surface area contributed by atoms with E-state index < -0.39 is 5.60 Å². The molecule has 2 fully saturated rings. The predicted octanol–water partition coefficient (Wildman–Crippen LogP) is 5.73. The van der Waals surface area contributed by atoms with Crippen molar-refractivity contribution < 1.29 is 9.53 Å². The molecule has 2 aliphatic carbocycles. The highest BCUT2D eigenvalue weighted by Gasteiger charge is 2.25. The minimum atomic E-state index is -0.455. The Balaban J connectivity index is 1.31. The van der Waals surface area contributed by atoms with Crippen molar-refractivity contribution >= 4 is 29.5 Å². The molecule has 3 rings (SSSR count). The molecule has 1 aromatic heterocycles. The summed E-state index contributed by atoms with van der Waals surface area (Å²) in [6.07, 6.45) is 12.0. The van der Waals surface area contributed by atoms with Gasteiger partial charge in [-0.05, 0) is 96.6 Å². The van der Waals surface area contributed by atoms with E-state index in [1.165, 1.54) is 57.8 Å². The minimum absolute atomic E-state index is 0.161. The van der Waals surface area contributed by atoms with Gasteiger partial charge in [0.25, 0.3) is 0 Å². The predicted molar refractivity (Wildman–Crippen MR) is 147 cm³/mol. The maximum absolute atomic E-state index is 12.8. The monoisotopic (exact) mass is 522 g/mol. The van der Waals surface area contributed by atoms with Gasteiger partial charge in [-0.1, -0.05) is 30.9 Å². The first-order valence-corrected chi connectivity index (χ1v) is 14.3. The van der Waals surface area contributed by atoms with Gasteiger partial charge in [-0.2, -0.15) is 4.98 Å². The third kappa shape index (κ3) is 10.7. The first-order valence-electron chi connectivity index (χ1n) is 13.9. The van der Waals surface area contributed by atoms with Gasteiger partial charge in [-0.25, -0.2) is 9.78 Å². The normalized spacial score (nSPS) is 21.2. The molecule has 2 aliphatic rings. The summed E-state index contributed by atoms with van der Waals surface area (Å²) in [4.78, 5) is 23.1. The summed E-state index contributed by atoms with van der Waals surface area (Å²) in [5.74, 6) is 2.84. The Morgan fingerprint density at radius 2 is 1.72 bits per heavy atom. The zero-order valence-corrected chi connectivity index (χ0v) is 23.3. The molecule has 0 aromatic carbocycles. The van der Waals surface area contributed by atoms with E-state index in [1.807, 2.05) is 25.7 Å². The lowest BCUT2D eigenvalue weighted by atomic mass is 9.82. The molecule has 0 radical (unpaired) electrons. The summed E-state index contributed by atoms with van der Waals surface area (Å²) < 4.78 is 5.70. The van der Waals surface area contributed by atoms with E-state index in [-0.39, 0.29) is 6.09 Å². The van der Waals surface area contributed by atoms with E-state index in [1.54, 1.807) is 6.07 Å². The number of nitrogens with two attached hydrogens (primary N) is 1. The molecule has 1 amide bonds. The highest BCUT2D eigenvalue weighted by molar-refractivity contribution is 6.29. The van der Waals surface area contributed by atoms with E-state index >= 15 is 0 Å². The van der Waals surface area contributed by atoms with Crippen molar-refractivity contribution in [1.29, 1.82) is 0 Å². The van der Waals surface area contributed by atoms with Crippen LogP contribution in [0.3, 0.4) is 0 Å². The molecule has 0 unspecified atom stereocenters. The number of carbonyl (C=O) groups is 1. The number of hydrogen-bond donors (Lipinski definition) is 3. The van der Waals surface area contributed by atoms with Gasteiger partial charge in [0.05, 0.1) is 0 Å². The summed E-state index contributed by atoms with van der Waals surface area (Å²) in [6.45, 7) is 10.2. The summed E-state index contributed by atoms with van der Waals surface area (Å²) in [6, 6.07) is 1.55. The Kier molecular flexibility index (Phi) is 11.4. The number of aromatic nitrogens is 2. The molecule has 9 heteroatoms. The van der Waals surface area contributed by atoms with Gasteiger partial charge in [-0.3, -0.25) is 0 Å². The summed E-state index contributed by atoms with van der Waals surface area (Å²) >= 11 is 5.96. The molecule has 1 heterocycles. The lowest BCUT2D eigenvalue weighted by Crippen LogP contribution is -2.41. The molecule has 8 nitrogen and oxygen atoms in total. The van der Waals surface area contributed by atoms with Gasteiger partial charge in [0.15, 0.2) is 0 Å². The van der Waals surface area contributed by atoms with Gasteiger partial charge in [0, 0.05) is 25.7 Å². The molecule has 0 saturated heterocycles. The molecular weight excluding hydrogens is 476 g/mol. The second-order valence-electron chi connectivity index (χ2n) is 11.7. The van der Waals surface area contributed by atoms with Gasteiger partial charge in [-0.15, -0.1) is 0 Å². The molecular formula is C27H47ClN6O2. The van der Waals surface area contributed by atoms with Crippen molar-refractivity contribution in [3.05, 3.63) is 11.2 Å². The van der Waals surface area contributed by atoms with Crippen molar-refractivity contribution in [2.24, 2.45) is 17.8 Å². The Hall–Kier alpha value is -1.80. The largest absolute Gasteiger partial charge is 0.444 e. The summed E-state index contributed by atoms with van der Waals surface area (Å²) in [5.41, 5.74) is 5.29. The van der Waals surface area contributed by atoms with Crippen LogP contribution in [-0.2, 0) is 4.74 Å². The zero-order chi connectivity index (χ0) is 26.0. The van der Waals surface area contributed by atoms with Crippen LogP contribution in [-0.4, -0.2) is 59.3 Å². The van der Waals surface area contributed by atoms with E-state index in [2.05, 4.69) is 20.6 Å². The van der Waals surface area contributed by atoms with E-state index in [4.69, 9.17) is 22.1 Å². The molecule has 0 bridgehead atoms. The summed E-state index contributed by atoms with van der Waals surface area (Å²) in [5, 5.41) is 7.30. The number of rotatable bonds is 11. The maximum Gasteiger partial charge on any atom is 0.410 e. The Bertz CT molecular complexity index is 784. The molecule has 0 atom stereocenters. The van der Waals surface area contributed by atoms with E-state index in [0.717, 1.165) is 39.1 Å². The van der Waals surface area contributed by atoms with Crippen LogP contribution in [0.4, 0.5) is 16.6 Å². The van der Waals surface area contributed by atoms with Crippen LogP contribution >= 0.6 is 11.6 Å². The first kappa shape index (κ1) is 28.8. The van der Waals surface area contributed by atoms with Gasteiger partial charge in [0.2, 0.25) is 5.95 Å². The lowest BCUT2D eigenvalue weighted by Gasteiger charge is -2.32. The zero-order valence-electron chi connectivity index (χ0n) is 22.5.